The lowest BCUT2D eigenvalue weighted by Crippen LogP contribution is -2.32. The Labute approximate surface area is 76.2 Å². The Balaban J connectivity index is 3.48. The molecule has 1 N–H and O–H groups in total. The van der Waals surface area contributed by atoms with Gasteiger partial charge in [0.25, 0.3) is 0 Å². The van der Waals surface area contributed by atoms with Gasteiger partial charge in [-0.15, -0.1) is 6.58 Å². The first-order valence-electron chi connectivity index (χ1n) is 3.67. The van der Waals surface area contributed by atoms with Crippen LogP contribution in [0.1, 0.15) is 19.8 Å². The third-order valence-electron chi connectivity index (χ3n) is 1.25. The van der Waals surface area contributed by atoms with Gasteiger partial charge in [-0.25, -0.2) is 0 Å². The molecule has 0 saturated heterocycles. The minimum atomic E-state index is 0.0937. The summed E-state index contributed by atoms with van der Waals surface area (Å²) in [7, 11) is 0. The summed E-state index contributed by atoms with van der Waals surface area (Å²) < 4.78 is 0. The summed E-state index contributed by atoms with van der Waals surface area (Å²) in [4.78, 5) is 11.0. The Morgan fingerprint density at radius 1 is 1.82 bits per heavy atom. The number of carbonyl (C=O) groups is 1. The number of carbonyl (C=O) groups excluding carboxylic acids is 1. The van der Waals surface area contributed by atoms with E-state index in [1.165, 1.54) is 0 Å². The molecular formula is C8H14BrNO. The lowest BCUT2D eigenvalue weighted by atomic mass is 10.2. The van der Waals surface area contributed by atoms with E-state index in [0.29, 0.717) is 6.42 Å². The van der Waals surface area contributed by atoms with Gasteiger partial charge in [0.2, 0.25) is 5.91 Å². The monoisotopic (exact) mass is 219 g/mol. The standard InChI is InChI=1S/C8H14BrNO/c1-3-4-7(2)10-8(11)5-6-9/h3,7H,1,4-6H2,2H3,(H,10,11). The second-order valence-corrected chi connectivity index (χ2v) is 3.22. The summed E-state index contributed by atoms with van der Waals surface area (Å²) in [5.41, 5.74) is 0. The first-order valence-corrected chi connectivity index (χ1v) is 4.79. The Kier molecular flexibility index (Phi) is 6.22. The van der Waals surface area contributed by atoms with Crippen molar-refractivity contribution >= 4 is 21.8 Å². The van der Waals surface area contributed by atoms with Crippen LogP contribution >= 0.6 is 15.9 Å². The van der Waals surface area contributed by atoms with Crippen LogP contribution in [0.25, 0.3) is 0 Å². The smallest absolute Gasteiger partial charge is 0.221 e. The molecule has 0 fully saturated rings. The van der Waals surface area contributed by atoms with Crippen LogP contribution in [0.5, 0.6) is 0 Å². The largest absolute Gasteiger partial charge is 0.353 e. The average molecular weight is 220 g/mol. The maximum Gasteiger partial charge on any atom is 0.221 e. The molecule has 0 aliphatic carbocycles. The molecule has 1 amide bonds. The van der Waals surface area contributed by atoms with Gasteiger partial charge in [-0.2, -0.15) is 0 Å². The van der Waals surface area contributed by atoms with Crippen molar-refractivity contribution in [2.45, 2.75) is 25.8 Å². The molecule has 0 aromatic rings. The molecule has 0 bridgehead atoms. The van der Waals surface area contributed by atoms with Gasteiger partial charge in [-0.05, 0) is 13.3 Å². The normalized spacial score (nSPS) is 12.2. The summed E-state index contributed by atoms with van der Waals surface area (Å²) in [6.45, 7) is 5.56. The fourth-order valence-corrected chi connectivity index (χ4v) is 1.10. The van der Waals surface area contributed by atoms with E-state index in [2.05, 4.69) is 27.8 Å². The zero-order chi connectivity index (χ0) is 8.69. The number of nitrogens with one attached hydrogen (secondary N) is 1. The van der Waals surface area contributed by atoms with Crippen LogP contribution in [-0.2, 0) is 4.79 Å². The zero-order valence-electron chi connectivity index (χ0n) is 6.77. The fourth-order valence-electron chi connectivity index (χ4n) is 0.742. The van der Waals surface area contributed by atoms with Gasteiger partial charge in [-0.3, -0.25) is 4.79 Å². The van der Waals surface area contributed by atoms with Crippen LogP contribution in [0.3, 0.4) is 0 Å². The van der Waals surface area contributed by atoms with Gasteiger partial charge in [0.1, 0.15) is 0 Å². The van der Waals surface area contributed by atoms with Crippen LogP contribution in [-0.4, -0.2) is 17.3 Å². The minimum absolute atomic E-state index is 0.0937. The second kappa shape index (κ2) is 6.40. The Morgan fingerprint density at radius 2 is 2.45 bits per heavy atom. The van der Waals surface area contributed by atoms with E-state index in [0.717, 1.165) is 11.8 Å². The predicted octanol–water partition coefficient (Wildman–Crippen LogP) is 1.85. The van der Waals surface area contributed by atoms with E-state index >= 15 is 0 Å². The van der Waals surface area contributed by atoms with Gasteiger partial charge in [0.05, 0.1) is 0 Å². The number of rotatable bonds is 5. The van der Waals surface area contributed by atoms with E-state index in [1.807, 2.05) is 6.92 Å². The van der Waals surface area contributed by atoms with E-state index in [9.17, 15) is 4.79 Å². The molecule has 0 aliphatic heterocycles. The fraction of sp³-hybridized carbons (Fsp3) is 0.625. The van der Waals surface area contributed by atoms with Crippen molar-refractivity contribution in [3.8, 4) is 0 Å². The van der Waals surface area contributed by atoms with E-state index < -0.39 is 0 Å². The number of alkyl halides is 1. The van der Waals surface area contributed by atoms with Crippen molar-refractivity contribution in [1.82, 2.24) is 5.32 Å². The summed E-state index contributed by atoms with van der Waals surface area (Å²) >= 11 is 3.20. The highest BCUT2D eigenvalue weighted by molar-refractivity contribution is 9.09. The highest BCUT2D eigenvalue weighted by Gasteiger charge is 2.03. The number of amides is 1. The van der Waals surface area contributed by atoms with Crippen molar-refractivity contribution in [3.63, 3.8) is 0 Å². The molecule has 64 valence electrons. The highest BCUT2D eigenvalue weighted by Crippen LogP contribution is 1.93. The second-order valence-electron chi connectivity index (χ2n) is 2.43. The maximum absolute atomic E-state index is 11.0. The van der Waals surface area contributed by atoms with Crippen LogP contribution in [0.4, 0.5) is 0 Å². The quantitative estimate of drug-likeness (QED) is 0.556. The predicted molar refractivity (Wildman–Crippen MR) is 50.8 cm³/mol. The molecule has 0 aliphatic rings. The van der Waals surface area contributed by atoms with Gasteiger partial charge >= 0.3 is 0 Å². The van der Waals surface area contributed by atoms with Crippen LogP contribution < -0.4 is 5.32 Å². The molecule has 0 heterocycles. The van der Waals surface area contributed by atoms with Crippen molar-refractivity contribution in [1.29, 1.82) is 0 Å². The first kappa shape index (κ1) is 10.7. The SMILES string of the molecule is C=CCC(C)NC(=O)CCBr. The zero-order valence-corrected chi connectivity index (χ0v) is 8.36. The Hall–Kier alpha value is -0.310. The average Bonchev–Trinajstić information content (AvgIpc) is 1.87. The molecule has 2 nitrogen and oxygen atoms in total. The number of halogens is 1. The van der Waals surface area contributed by atoms with Crippen LogP contribution in [0, 0.1) is 0 Å². The summed E-state index contributed by atoms with van der Waals surface area (Å²) in [6, 6.07) is 0.207. The number of hydrogen-bond donors (Lipinski definition) is 1. The molecule has 3 heteroatoms. The molecule has 1 atom stereocenters. The van der Waals surface area contributed by atoms with E-state index in [-0.39, 0.29) is 11.9 Å². The van der Waals surface area contributed by atoms with Crippen LogP contribution in [0.2, 0.25) is 0 Å². The summed E-state index contributed by atoms with van der Waals surface area (Å²) in [5.74, 6) is 0.0937. The molecule has 0 aromatic heterocycles. The maximum atomic E-state index is 11.0. The van der Waals surface area contributed by atoms with E-state index in [1.54, 1.807) is 6.08 Å². The highest BCUT2D eigenvalue weighted by atomic mass is 79.9. The van der Waals surface area contributed by atoms with Gasteiger partial charge in [0.15, 0.2) is 0 Å². The van der Waals surface area contributed by atoms with E-state index in [4.69, 9.17) is 0 Å². The molecule has 0 saturated carbocycles. The molecular weight excluding hydrogens is 206 g/mol. The third-order valence-corrected chi connectivity index (χ3v) is 1.65. The lowest BCUT2D eigenvalue weighted by molar-refractivity contribution is -0.121. The molecule has 11 heavy (non-hydrogen) atoms. The molecule has 0 rings (SSSR count). The Bertz CT molecular complexity index is 136. The van der Waals surface area contributed by atoms with Gasteiger partial charge in [-0.1, -0.05) is 22.0 Å². The van der Waals surface area contributed by atoms with Gasteiger partial charge < -0.3 is 5.32 Å². The minimum Gasteiger partial charge on any atom is -0.353 e. The third kappa shape index (κ3) is 6.10. The van der Waals surface area contributed by atoms with Gasteiger partial charge in [0, 0.05) is 17.8 Å². The van der Waals surface area contributed by atoms with Crippen molar-refractivity contribution in [3.05, 3.63) is 12.7 Å². The summed E-state index contributed by atoms with van der Waals surface area (Å²) in [6.07, 6.45) is 3.18. The van der Waals surface area contributed by atoms with Crippen molar-refractivity contribution in [2.24, 2.45) is 0 Å². The summed E-state index contributed by atoms with van der Waals surface area (Å²) in [5, 5.41) is 3.56. The molecule has 0 spiro atoms. The molecule has 0 radical (unpaired) electrons. The lowest BCUT2D eigenvalue weighted by Gasteiger charge is -2.10. The van der Waals surface area contributed by atoms with Crippen molar-refractivity contribution in [2.75, 3.05) is 5.33 Å². The molecule has 1 unspecified atom stereocenters. The molecule has 0 aromatic carbocycles. The number of hydrogen-bond acceptors (Lipinski definition) is 1. The first-order chi connectivity index (χ1) is 5.20. The van der Waals surface area contributed by atoms with Crippen LogP contribution in [0.15, 0.2) is 12.7 Å². The topological polar surface area (TPSA) is 29.1 Å². The van der Waals surface area contributed by atoms with Crippen molar-refractivity contribution < 1.29 is 4.79 Å². The Morgan fingerprint density at radius 3 is 2.91 bits per heavy atom.